The summed E-state index contributed by atoms with van der Waals surface area (Å²) in [4.78, 5) is 2.33. The van der Waals surface area contributed by atoms with Crippen molar-refractivity contribution in [2.45, 2.75) is 38.2 Å². The van der Waals surface area contributed by atoms with Gasteiger partial charge in [-0.1, -0.05) is 13.0 Å². The SMILES string of the molecule is Cc1cc(F)ccc1C(O)CN1CCSC(C)C1C. The molecular formula is C15H22FNOS. The van der Waals surface area contributed by atoms with E-state index in [1.165, 1.54) is 12.1 Å². The number of rotatable bonds is 3. The van der Waals surface area contributed by atoms with Crippen molar-refractivity contribution in [1.82, 2.24) is 4.90 Å². The maximum Gasteiger partial charge on any atom is 0.123 e. The predicted octanol–water partition coefficient (Wildman–Crippen LogP) is 2.99. The molecule has 1 aliphatic rings. The number of nitrogens with zero attached hydrogens (tertiary/aromatic N) is 1. The molecule has 106 valence electrons. The van der Waals surface area contributed by atoms with Gasteiger partial charge in [-0.3, -0.25) is 4.90 Å². The Morgan fingerprint density at radius 2 is 2.21 bits per heavy atom. The molecule has 0 aliphatic carbocycles. The van der Waals surface area contributed by atoms with Crippen molar-refractivity contribution >= 4 is 11.8 Å². The molecule has 1 heterocycles. The summed E-state index contributed by atoms with van der Waals surface area (Å²) in [5.41, 5.74) is 1.65. The minimum absolute atomic E-state index is 0.246. The first-order valence-corrected chi connectivity index (χ1v) is 7.83. The highest BCUT2D eigenvalue weighted by Gasteiger charge is 2.27. The lowest BCUT2D eigenvalue weighted by Crippen LogP contribution is -2.46. The van der Waals surface area contributed by atoms with Gasteiger partial charge in [0.25, 0.3) is 0 Å². The number of aliphatic hydroxyl groups excluding tert-OH is 1. The molecule has 0 radical (unpaired) electrons. The van der Waals surface area contributed by atoms with Crippen LogP contribution in [0.1, 0.15) is 31.1 Å². The fraction of sp³-hybridized carbons (Fsp3) is 0.600. The Bertz CT molecular complexity index is 440. The van der Waals surface area contributed by atoms with E-state index in [0.29, 0.717) is 17.8 Å². The molecule has 0 saturated carbocycles. The maximum atomic E-state index is 13.1. The average molecular weight is 283 g/mol. The fourth-order valence-corrected chi connectivity index (χ4v) is 3.75. The number of aliphatic hydroxyl groups is 1. The van der Waals surface area contributed by atoms with E-state index in [-0.39, 0.29) is 5.82 Å². The fourth-order valence-electron chi connectivity index (χ4n) is 2.59. The summed E-state index contributed by atoms with van der Waals surface area (Å²) in [6.45, 7) is 7.92. The topological polar surface area (TPSA) is 23.5 Å². The Labute approximate surface area is 119 Å². The predicted molar refractivity (Wildman–Crippen MR) is 79.1 cm³/mol. The van der Waals surface area contributed by atoms with Gasteiger partial charge in [0.1, 0.15) is 5.82 Å². The first kappa shape index (κ1) is 14.8. The van der Waals surface area contributed by atoms with E-state index >= 15 is 0 Å². The van der Waals surface area contributed by atoms with Gasteiger partial charge in [0.05, 0.1) is 6.10 Å². The molecule has 1 N–H and O–H groups in total. The minimum atomic E-state index is -0.543. The molecule has 0 spiro atoms. The van der Waals surface area contributed by atoms with Gasteiger partial charge in [-0.25, -0.2) is 4.39 Å². The number of benzene rings is 1. The second-order valence-electron chi connectivity index (χ2n) is 5.33. The van der Waals surface area contributed by atoms with E-state index in [4.69, 9.17) is 0 Å². The van der Waals surface area contributed by atoms with Crippen molar-refractivity contribution in [3.8, 4) is 0 Å². The Morgan fingerprint density at radius 1 is 1.47 bits per heavy atom. The van der Waals surface area contributed by atoms with Crippen LogP contribution < -0.4 is 0 Å². The van der Waals surface area contributed by atoms with Crippen LogP contribution >= 0.6 is 11.8 Å². The summed E-state index contributed by atoms with van der Waals surface area (Å²) in [5, 5.41) is 11.0. The quantitative estimate of drug-likeness (QED) is 0.922. The van der Waals surface area contributed by atoms with Gasteiger partial charge in [-0.2, -0.15) is 11.8 Å². The molecule has 1 aliphatic heterocycles. The number of hydrogen-bond acceptors (Lipinski definition) is 3. The summed E-state index contributed by atoms with van der Waals surface area (Å²) < 4.78 is 13.1. The summed E-state index contributed by atoms with van der Waals surface area (Å²) in [6, 6.07) is 5.07. The molecule has 19 heavy (non-hydrogen) atoms. The van der Waals surface area contributed by atoms with E-state index in [1.807, 2.05) is 18.7 Å². The van der Waals surface area contributed by atoms with Gasteiger partial charge < -0.3 is 5.11 Å². The van der Waals surface area contributed by atoms with Crippen molar-refractivity contribution in [2.75, 3.05) is 18.8 Å². The van der Waals surface area contributed by atoms with Crippen molar-refractivity contribution in [2.24, 2.45) is 0 Å². The number of hydrogen-bond donors (Lipinski definition) is 1. The molecule has 2 nitrogen and oxygen atoms in total. The summed E-state index contributed by atoms with van der Waals surface area (Å²) in [5.74, 6) is 0.866. The molecule has 3 atom stereocenters. The molecule has 1 saturated heterocycles. The third kappa shape index (κ3) is 3.50. The van der Waals surface area contributed by atoms with E-state index in [0.717, 1.165) is 23.4 Å². The van der Waals surface area contributed by atoms with Crippen LogP contribution in [0.5, 0.6) is 0 Å². The highest BCUT2D eigenvalue weighted by Crippen LogP contribution is 2.27. The maximum absolute atomic E-state index is 13.1. The molecule has 0 amide bonds. The number of β-amino-alcohol motifs (C(OH)–C–C–N with tert-alkyl or cyclic N) is 1. The lowest BCUT2D eigenvalue weighted by molar-refractivity contribution is 0.0925. The van der Waals surface area contributed by atoms with E-state index < -0.39 is 6.10 Å². The smallest absolute Gasteiger partial charge is 0.123 e. The number of aryl methyl sites for hydroxylation is 1. The summed E-state index contributed by atoms with van der Waals surface area (Å²) >= 11 is 1.99. The zero-order chi connectivity index (χ0) is 14.0. The van der Waals surface area contributed by atoms with Crippen molar-refractivity contribution in [1.29, 1.82) is 0 Å². The second kappa shape index (κ2) is 6.25. The normalized spacial score (nSPS) is 26.4. The zero-order valence-corrected chi connectivity index (χ0v) is 12.6. The third-order valence-electron chi connectivity index (χ3n) is 4.01. The van der Waals surface area contributed by atoms with Gasteiger partial charge in [-0.05, 0) is 37.1 Å². The number of thioether (sulfide) groups is 1. The summed E-state index contributed by atoms with van der Waals surface area (Å²) in [7, 11) is 0. The van der Waals surface area contributed by atoms with Crippen LogP contribution in [0.3, 0.4) is 0 Å². The Morgan fingerprint density at radius 3 is 2.89 bits per heavy atom. The van der Waals surface area contributed by atoms with Crippen LogP contribution in [0.15, 0.2) is 18.2 Å². The van der Waals surface area contributed by atoms with Crippen molar-refractivity contribution < 1.29 is 9.50 Å². The lowest BCUT2D eigenvalue weighted by atomic mass is 10.0. The third-order valence-corrected chi connectivity index (χ3v) is 5.35. The molecule has 3 unspecified atom stereocenters. The molecule has 0 aromatic heterocycles. The van der Waals surface area contributed by atoms with Crippen LogP contribution in [0.4, 0.5) is 4.39 Å². The van der Waals surface area contributed by atoms with Crippen LogP contribution in [0, 0.1) is 12.7 Å². The monoisotopic (exact) mass is 283 g/mol. The van der Waals surface area contributed by atoms with E-state index in [2.05, 4.69) is 18.7 Å². The molecule has 0 bridgehead atoms. The molecule has 1 aromatic carbocycles. The van der Waals surface area contributed by atoms with Crippen LogP contribution in [0.2, 0.25) is 0 Å². The van der Waals surface area contributed by atoms with Gasteiger partial charge in [0.15, 0.2) is 0 Å². The van der Waals surface area contributed by atoms with E-state index in [1.54, 1.807) is 6.07 Å². The van der Waals surface area contributed by atoms with Gasteiger partial charge in [0, 0.05) is 30.1 Å². The minimum Gasteiger partial charge on any atom is -0.387 e. The zero-order valence-electron chi connectivity index (χ0n) is 11.8. The highest BCUT2D eigenvalue weighted by molar-refractivity contribution is 8.00. The Kier molecular flexibility index (Phi) is 4.87. The first-order chi connectivity index (χ1) is 8.99. The van der Waals surface area contributed by atoms with Crippen LogP contribution in [-0.4, -0.2) is 40.1 Å². The highest BCUT2D eigenvalue weighted by atomic mass is 32.2. The van der Waals surface area contributed by atoms with Crippen molar-refractivity contribution in [3.05, 3.63) is 35.1 Å². The molecular weight excluding hydrogens is 261 g/mol. The summed E-state index contributed by atoms with van der Waals surface area (Å²) in [6.07, 6.45) is -0.543. The Hall–Kier alpha value is -0.580. The van der Waals surface area contributed by atoms with Gasteiger partial charge >= 0.3 is 0 Å². The molecule has 1 fully saturated rings. The lowest BCUT2D eigenvalue weighted by Gasteiger charge is -2.38. The number of halogens is 1. The van der Waals surface area contributed by atoms with Crippen molar-refractivity contribution in [3.63, 3.8) is 0 Å². The average Bonchev–Trinajstić information content (AvgIpc) is 2.34. The van der Waals surface area contributed by atoms with Crippen LogP contribution in [0.25, 0.3) is 0 Å². The standard InChI is InChI=1S/C15H22FNOS/c1-10-8-13(16)4-5-14(10)15(18)9-17-6-7-19-12(3)11(17)2/h4-5,8,11-12,15,18H,6-7,9H2,1-3H3. The van der Waals surface area contributed by atoms with Gasteiger partial charge in [-0.15, -0.1) is 0 Å². The second-order valence-corrected chi connectivity index (χ2v) is 6.81. The molecule has 2 rings (SSSR count). The van der Waals surface area contributed by atoms with E-state index in [9.17, 15) is 9.50 Å². The van der Waals surface area contributed by atoms with Crippen LogP contribution in [-0.2, 0) is 0 Å². The van der Waals surface area contributed by atoms with Gasteiger partial charge in [0.2, 0.25) is 0 Å². The Balaban J connectivity index is 2.05. The molecule has 4 heteroatoms. The molecule has 1 aromatic rings. The first-order valence-electron chi connectivity index (χ1n) is 6.79. The largest absolute Gasteiger partial charge is 0.387 e.